The van der Waals surface area contributed by atoms with Crippen LogP contribution in [-0.4, -0.2) is 37.2 Å². The van der Waals surface area contributed by atoms with Gasteiger partial charge in [0.1, 0.15) is 13.2 Å². The molecule has 0 N–H and O–H groups in total. The highest BCUT2D eigenvalue weighted by molar-refractivity contribution is 5.71. The van der Waals surface area contributed by atoms with Crippen LogP contribution in [0.1, 0.15) is 271 Å². The van der Waals surface area contributed by atoms with Crippen LogP contribution in [0.15, 0.2) is 85.1 Å². The summed E-state index contributed by atoms with van der Waals surface area (Å²) in [6.07, 6.45) is 73.0. The minimum atomic E-state index is -0.823. The zero-order valence-electron chi connectivity index (χ0n) is 44.6. The molecule has 0 bridgehead atoms. The monoisotopic (exact) mass is 947 g/mol. The van der Waals surface area contributed by atoms with Crippen LogP contribution >= 0.6 is 0 Å². The van der Waals surface area contributed by atoms with Crippen molar-refractivity contribution in [1.29, 1.82) is 0 Å². The Morgan fingerprint density at radius 2 is 0.603 bits per heavy atom. The van der Waals surface area contributed by atoms with Crippen LogP contribution in [0.3, 0.4) is 0 Å². The van der Waals surface area contributed by atoms with Gasteiger partial charge in [0.25, 0.3) is 0 Å². The van der Waals surface area contributed by atoms with Crippen molar-refractivity contribution in [3.63, 3.8) is 0 Å². The lowest BCUT2D eigenvalue weighted by atomic mass is 10.1. The molecule has 0 aromatic rings. The first-order valence-corrected chi connectivity index (χ1v) is 28.6. The van der Waals surface area contributed by atoms with E-state index >= 15 is 0 Å². The number of ether oxygens (including phenoxy) is 3. The maximum atomic E-state index is 12.8. The highest BCUT2D eigenvalue weighted by Gasteiger charge is 2.19. The van der Waals surface area contributed by atoms with Crippen LogP contribution in [0.25, 0.3) is 0 Å². The third kappa shape index (κ3) is 53.5. The number of carbonyl (C=O) groups is 3. The van der Waals surface area contributed by atoms with Crippen molar-refractivity contribution >= 4 is 17.9 Å². The standard InChI is InChI=1S/C62H106O6/c1-4-7-10-13-16-19-22-25-28-31-32-35-37-40-43-46-49-52-55-61(64)67-58-59(68-62(65)56-53-50-47-44-41-38-34-30-27-24-21-18-15-12-9-6-3)57-66-60(63)54-51-48-45-42-39-36-33-29-26-23-20-17-14-11-8-5-2/h9,12,18,21,27,29-30,32-33,35,38,41,47,50,59H,4-8,10-11,13-17,19-20,22-26,28,31,34,36-37,39-40,42-46,48-49,51-58H2,1-3H3/b12-9-,21-18-,30-27-,33-29-,35-32-,41-38-,50-47-. The number of carbonyl (C=O) groups excluding carboxylic acids is 3. The topological polar surface area (TPSA) is 78.9 Å². The van der Waals surface area contributed by atoms with E-state index in [0.717, 1.165) is 96.3 Å². The predicted molar refractivity (Wildman–Crippen MR) is 293 cm³/mol. The molecule has 0 aromatic heterocycles. The number of allylic oxidation sites excluding steroid dienone is 14. The highest BCUT2D eigenvalue weighted by Crippen LogP contribution is 2.14. The Hall–Kier alpha value is -3.41. The smallest absolute Gasteiger partial charge is 0.306 e. The lowest BCUT2D eigenvalue weighted by Gasteiger charge is -2.18. The van der Waals surface area contributed by atoms with Crippen LogP contribution < -0.4 is 0 Å². The Kier molecular flexibility index (Phi) is 53.4. The molecule has 1 atom stereocenters. The highest BCUT2D eigenvalue weighted by atomic mass is 16.6. The van der Waals surface area contributed by atoms with E-state index in [2.05, 4.69) is 93.7 Å². The van der Waals surface area contributed by atoms with E-state index in [9.17, 15) is 14.4 Å². The molecule has 0 saturated carbocycles. The SMILES string of the molecule is CC/C=C\C/C=C\C/C=C\C/C=C\C/C=C\CCC(=O)OC(COC(=O)CCCCCCC/C=C\CCCCCCCCC)COC(=O)CCCCCCC/C=C\CCCCCCCCCCC. The Morgan fingerprint density at radius 3 is 0.956 bits per heavy atom. The second-order valence-electron chi connectivity index (χ2n) is 18.8. The largest absolute Gasteiger partial charge is 0.462 e. The van der Waals surface area contributed by atoms with Crippen molar-refractivity contribution in [3.8, 4) is 0 Å². The molecule has 6 nitrogen and oxygen atoms in total. The summed E-state index contributed by atoms with van der Waals surface area (Å²) < 4.78 is 16.8. The summed E-state index contributed by atoms with van der Waals surface area (Å²) in [6, 6.07) is 0. The number of hydrogen-bond acceptors (Lipinski definition) is 6. The molecule has 0 radical (unpaired) electrons. The molecule has 0 aromatic carbocycles. The van der Waals surface area contributed by atoms with Crippen LogP contribution in [-0.2, 0) is 28.6 Å². The summed E-state index contributed by atoms with van der Waals surface area (Å²) in [5.41, 5.74) is 0. The molecule has 0 spiro atoms. The number of unbranched alkanes of at least 4 members (excludes halogenated alkanes) is 26. The Morgan fingerprint density at radius 1 is 0.309 bits per heavy atom. The van der Waals surface area contributed by atoms with Crippen LogP contribution in [0.2, 0.25) is 0 Å². The lowest BCUT2D eigenvalue weighted by molar-refractivity contribution is -0.166. The maximum absolute atomic E-state index is 12.8. The van der Waals surface area contributed by atoms with Gasteiger partial charge in [-0.15, -0.1) is 0 Å². The van der Waals surface area contributed by atoms with Gasteiger partial charge in [-0.3, -0.25) is 14.4 Å². The Bertz CT molecular complexity index is 1320. The van der Waals surface area contributed by atoms with Crippen molar-refractivity contribution < 1.29 is 28.6 Å². The summed E-state index contributed by atoms with van der Waals surface area (Å²) in [5, 5.41) is 0. The third-order valence-electron chi connectivity index (χ3n) is 12.1. The van der Waals surface area contributed by atoms with Gasteiger partial charge in [-0.1, -0.05) is 234 Å². The molecule has 0 fully saturated rings. The van der Waals surface area contributed by atoms with E-state index in [4.69, 9.17) is 14.2 Å². The third-order valence-corrected chi connectivity index (χ3v) is 12.1. The molecule has 0 heterocycles. The summed E-state index contributed by atoms with van der Waals surface area (Å²) in [6.45, 7) is 6.46. The quantitative estimate of drug-likeness (QED) is 0.0262. The molecular formula is C62H106O6. The molecule has 6 heteroatoms. The first kappa shape index (κ1) is 64.6. The van der Waals surface area contributed by atoms with Gasteiger partial charge in [-0.25, -0.2) is 0 Å². The summed E-state index contributed by atoms with van der Waals surface area (Å²) >= 11 is 0. The maximum Gasteiger partial charge on any atom is 0.306 e. The van der Waals surface area contributed by atoms with Crippen LogP contribution in [0, 0.1) is 0 Å². The molecule has 1 unspecified atom stereocenters. The molecule has 390 valence electrons. The van der Waals surface area contributed by atoms with Crippen molar-refractivity contribution in [1.82, 2.24) is 0 Å². The van der Waals surface area contributed by atoms with Crippen molar-refractivity contribution in [3.05, 3.63) is 85.1 Å². The second-order valence-corrected chi connectivity index (χ2v) is 18.8. The average molecular weight is 948 g/mol. The van der Waals surface area contributed by atoms with E-state index in [1.807, 2.05) is 12.2 Å². The molecular weight excluding hydrogens is 841 g/mol. The predicted octanol–water partition coefficient (Wildman–Crippen LogP) is 19.2. The zero-order chi connectivity index (χ0) is 49.3. The Balaban J connectivity index is 4.49. The molecule has 0 aliphatic rings. The normalized spacial score (nSPS) is 12.7. The average Bonchev–Trinajstić information content (AvgIpc) is 3.34. The molecule has 68 heavy (non-hydrogen) atoms. The van der Waals surface area contributed by atoms with Gasteiger partial charge < -0.3 is 14.2 Å². The first-order chi connectivity index (χ1) is 33.5. The summed E-state index contributed by atoms with van der Waals surface area (Å²) in [4.78, 5) is 38.1. The van der Waals surface area contributed by atoms with Gasteiger partial charge in [-0.05, 0) is 103 Å². The van der Waals surface area contributed by atoms with Crippen molar-refractivity contribution in [2.75, 3.05) is 13.2 Å². The molecule has 0 rings (SSSR count). The van der Waals surface area contributed by atoms with Gasteiger partial charge in [0.2, 0.25) is 0 Å². The van der Waals surface area contributed by atoms with Gasteiger partial charge >= 0.3 is 17.9 Å². The van der Waals surface area contributed by atoms with Gasteiger partial charge in [-0.2, -0.15) is 0 Å². The summed E-state index contributed by atoms with van der Waals surface area (Å²) in [7, 11) is 0. The van der Waals surface area contributed by atoms with Gasteiger partial charge in [0.05, 0.1) is 0 Å². The minimum absolute atomic E-state index is 0.113. The number of esters is 3. The van der Waals surface area contributed by atoms with Crippen LogP contribution in [0.5, 0.6) is 0 Å². The zero-order valence-corrected chi connectivity index (χ0v) is 44.6. The van der Waals surface area contributed by atoms with E-state index in [1.54, 1.807) is 0 Å². The summed E-state index contributed by atoms with van der Waals surface area (Å²) in [5.74, 6) is -1.01. The fourth-order valence-corrected chi connectivity index (χ4v) is 7.83. The fraction of sp³-hybridized carbons (Fsp3) is 0.726. The molecule has 0 aliphatic heterocycles. The van der Waals surface area contributed by atoms with Crippen LogP contribution in [0.4, 0.5) is 0 Å². The number of hydrogen-bond donors (Lipinski definition) is 0. The van der Waals surface area contributed by atoms with Crippen molar-refractivity contribution in [2.45, 2.75) is 277 Å². The number of rotatable bonds is 51. The van der Waals surface area contributed by atoms with E-state index in [1.165, 1.54) is 128 Å². The first-order valence-electron chi connectivity index (χ1n) is 28.6. The molecule has 0 saturated heterocycles. The second kappa shape index (κ2) is 56.2. The van der Waals surface area contributed by atoms with E-state index < -0.39 is 12.1 Å². The van der Waals surface area contributed by atoms with Gasteiger partial charge in [0.15, 0.2) is 6.10 Å². The minimum Gasteiger partial charge on any atom is -0.462 e. The molecule has 0 amide bonds. The van der Waals surface area contributed by atoms with E-state index in [0.29, 0.717) is 19.3 Å². The lowest BCUT2D eigenvalue weighted by Crippen LogP contribution is -2.30. The molecule has 0 aliphatic carbocycles. The Labute approximate surface area is 420 Å². The van der Waals surface area contributed by atoms with E-state index in [-0.39, 0.29) is 31.6 Å². The van der Waals surface area contributed by atoms with Crippen molar-refractivity contribution in [2.24, 2.45) is 0 Å². The van der Waals surface area contributed by atoms with Gasteiger partial charge in [0, 0.05) is 19.3 Å². The fourth-order valence-electron chi connectivity index (χ4n) is 7.83.